The fourth-order valence-corrected chi connectivity index (χ4v) is 2.65. The van der Waals surface area contributed by atoms with E-state index in [0.29, 0.717) is 25.1 Å². The van der Waals surface area contributed by atoms with Gasteiger partial charge in [-0.1, -0.05) is 13.8 Å². The highest BCUT2D eigenvalue weighted by molar-refractivity contribution is 5.78. The molecule has 13 heteroatoms. The predicted molar refractivity (Wildman–Crippen MR) is 95.9 cm³/mol. The molecule has 1 aromatic rings. The number of hydrogen-bond acceptors (Lipinski definition) is 5. The maximum absolute atomic E-state index is 12.9. The predicted octanol–water partition coefficient (Wildman–Crippen LogP) is 3.22. The zero-order chi connectivity index (χ0) is 24.0. The van der Waals surface area contributed by atoms with Crippen molar-refractivity contribution in [2.24, 2.45) is 11.7 Å². The number of aliphatic carboxylic acids is 1. The number of rotatable bonds is 4. The highest BCUT2D eigenvalue weighted by Gasteiger charge is 2.38. The number of nitrogens with zero attached hydrogens (tertiary/aromatic N) is 2. The molecule has 1 aromatic heterocycles. The van der Waals surface area contributed by atoms with Gasteiger partial charge in [-0.05, 0) is 24.5 Å². The summed E-state index contributed by atoms with van der Waals surface area (Å²) in [7, 11) is 0. The van der Waals surface area contributed by atoms with Gasteiger partial charge in [0.25, 0.3) is 0 Å². The number of carboxylic acid groups (broad SMARTS) is 1. The van der Waals surface area contributed by atoms with Gasteiger partial charge in [0.15, 0.2) is 0 Å². The summed E-state index contributed by atoms with van der Waals surface area (Å²) in [6.45, 7) is 4.59. The lowest BCUT2D eigenvalue weighted by Gasteiger charge is -2.33. The standard InChI is InChI=1S/C16H22F3N3O2.C2HF3O2/c1-10(2)15(23)22-5-3-4-12(9-22)24-14-7-11(8-20)6-13(21-14)16(17,18)19;3-2(4,5)1(6)7/h6-7,10,12H,3-5,8-9,20H2,1-2H3;(H,6,7)/t12-;/m0./s1. The first kappa shape index (κ1) is 26.5. The first-order chi connectivity index (χ1) is 14.1. The molecule has 0 saturated carbocycles. The van der Waals surface area contributed by atoms with E-state index in [0.717, 1.165) is 12.5 Å². The lowest BCUT2D eigenvalue weighted by atomic mass is 10.1. The van der Waals surface area contributed by atoms with Crippen LogP contribution in [0.2, 0.25) is 0 Å². The Morgan fingerprint density at radius 2 is 1.84 bits per heavy atom. The maximum Gasteiger partial charge on any atom is 0.490 e. The van der Waals surface area contributed by atoms with Crippen molar-refractivity contribution in [1.82, 2.24) is 9.88 Å². The van der Waals surface area contributed by atoms with Crippen molar-refractivity contribution < 1.29 is 45.8 Å². The minimum absolute atomic E-state index is 0.0166. The van der Waals surface area contributed by atoms with Crippen molar-refractivity contribution in [2.75, 3.05) is 13.1 Å². The first-order valence-corrected chi connectivity index (χ1v) is 9.19. The number of piperidine rings is 1. The monoisotopic (exact) mass is 459 g/mol. The summed E-state index contributed by atoms with van der Waals surface area (Å²) < 4.78 is 76.1. The van der Waals surface area contributed by atoms with E-state index in [1.165, 1.54) is 6.07 Å². The van der Waals surface area contributed by atoms with Crippen LogP contribution in [0.15, 0.2) is 12.1 Å². The van der Waals surface area contributed by atoms with Crippen molar-refractivity contribution in [2.45, 2.75) is 51.7 Å². The molecule has 2 heterocycles. The van der Waals surface area contributed by atoms with Crippen LogP contribution >= 0.6 is 0 Å². The van der Waals surface area contributed by atoms with Gasteiger partial charge in [0, 0.05) is 25.1 Å². The van der Waals surface area contributed by atoms with Crippen LogP contribution in [0.3, 0.4) is 0 Å². The molecule has 3 N–H and O–H groups in total. The van der Waals surface area contributed by atoms with Gasteiger partial charge in [-0.15, -0.1) is 0 Å². The number of nitrogens with two attached hydrogens (primary N) is 1. The number of carbonyl (C=O) groups is 2. The Labute approximate surface area is 174 Å². The normalized spacial score (nSPS) is 17.1. The Morgan fingerprint density at radius 1 is 1.26 bits per heavy atom. The summed E-state index contributed by atoms with van der Waals surface area (Å²) in [4.78, 5) is 26.2. The number of hydrogen-bond donors (Lipinski definition) is 2. The van der Waals surface area contributed by atoms with E-state index >= 15 is 0 Å². The Bertz CT molecular complexity index is 768. The van der Waals surface area contributed by atoms with Crippen molar-refractivity contribution in [3.63, 3.8) is 0 Å². The summed E-state index contributed by atoms with van der Waals surface area (Å²) in [5, 5.41) is 7.12. The van der Waals surface area contributed by atoms with Crippen LogP contribution in [-0.4, -0.2) is 52.2 Å². The topological polar surface area (TPSA) is 106 Å². The van der Waals surface area contributed by atoms with Gasteiger partial charge in [-0.3, -0.25) is 4.79 Å². The molecule has 1 amide bonds. The summed E-state index contributed by atoms with van der Waals surface area (Å²) in [5.41, 5.74) is 4.74. The second kappa shape index (κ2) is 10.6. The molecule has 0 unspecified atom stereocenters. The number of likely N-dealkylation sites (tertiary alicyclic amines) is 1. The van der Waals surface area contributed by atoms with Crippen LogP contribution in [0.4, 0.5) is 26.3 Å². The molecule has 0 spiro atoms. The van der Waals surface area contributed by atoms with Gasteiger partial charge >= 0.3 is 18.3 Å². The molecule has 0 aliphatic carbocycles. The van der Waals surface area contributed by atoms with Crippen molar-refractivity contribution in [3.8, 4) is 5.88 Å². The van der Waals surface area contributed by atoms with E-state index in [-0.39, 0.29) is 30.4 Å². The molecule has 1 aliphatic heterocycles. The van der Waals surface area contributed by atoms with Crippen LogP contribution in [0.1, 0.15) is 37.9 Å². The maximum atomic E-state index is 12.9. The van der Waals surface area contributed by atoms with Gasteiger partial charge < -0.3 is 20.5 Å². The van der Waals surface area contributed by atoms with Gasteiger partial charge in [-0.2, -0.15) is 26.3 Å². The highest BCUT2D eigenvalue weighted by Crippen LogP contribution is 2.30. The quantitative estimate of drug-likeness (QED) is 0.670. The molecule has 0 aromatic carbocycles. The number of carbonyl (C=O) groups excluding carboxylic acids is 1. The Hall–Kier alpha value is -2.57. The number of carboxylic acids is 1. The lowest BCUT2D eigenvalue weighted by Crippen LogP contribution is -2.46. The average molecular weight is 459 g/mol. The molecule has 0 radical (unpaired) electrons. The van der Waals surface area contributed by atoms with Crippen molar-refractivity contribution in [3.05, 3.63) is 23.4 Å². The van der Waals surface area contributed by atoms with E-state index < -0.39 is 24.0 Å². The van der Waals surface area contributed by atoms with Gasteiger partial charge in [-0.25, -0.2) is 9.78 Å². The van der Waals surface area contributed by atoms with Crippen molar-refractivity contribution in [1.29, 1.82) is 0 Å². The minimum Gasteiger partial charge on any atom is -0.475 e. The Morgan fingerprint density at radius 3 is 2.29 bits per heavy atom. The highest BCUT2D eigenvalue weighted by atomic mass is 19.4. The van der Waals surface area contributed by atoms with Crippen LogP contribution in [0, 0.1) is 5.92 Å². The second-order valence-corrected chi connectivity index (χ2v) is 7.02. The number of amides is 1. The molecular formula is C18H23F6N3O4. The minimum atomic E-state index is -5.08. The molecule has 1 aliphatic rings. The first-order valence-electron chi connectivity index (χ1n) is 9.19. The summed E-state index contributed by atoms with van der Waals surface area (Å²) in [6, 6.07) is 2.33. The third-order valence-electron chi connectivity index (χ3n) is 4.10. The van der Waals surface area contributed by atoms with E-state index in [1.807, 2.05) is 13.8 Å². The van der Waals surface area contributed by atoms with E-state index in [2.05, 4.69) is 4.98 Å². The Balaban J connectivity index is 0.000000592. The number of ether oxygens (including phenoxy) is 1. The molecule has 0 bridgehead atoms. The SMILES string of the molecule is CC(C)C(=O)N1CCC[C@H](Oc2cc(CN)cc(C(F)(F)F)n2)C1.O=C(O)C(F)(F)F. The second-order valence-electron chi connectivity index (χ2n) is 7.02. The summed E-state index contributed by atoms with van der Waals surface area (Å²) >= 11 is 0. The summed E-state index contributed by atoms with van der Waals surface area (Å²) in [6.07, 6.45) is -8.61. The van der Waals surface area contributed by atoms with Gasteiger partial charge in [0.2, 0.25) is 11.8 Å². The fraction of sp³-hybridized carbons (Fsp3) is 0.611. The van der Waals surface area contributed by atoms with E-state index in [4.69, 9.17) is 20.4 Å². The molecule has 1 fully saturated rings. The summed E-state index contributed by atoms with van der Waals surface area (Å²) in [5.74, 6) is -2.97. The van der Waals surface area contributed by atoms with Gasteiger partial charge in [0.05, 0.1) is 6.54 Å². The van der Waals surface area contributed by atoms with Crippen molar-refractivity contribution >= 4 is 11.9 Å². The number of pyridine rings is 1. The Kier molecular flexibility index (Phi) is 9.09. The van der Waals surface area contributed by atoms with Crippen LogP contribution in [-0.2, 0) is 22.3 Å². The number of aromatic nitrogens is 1. The third-order valence-corrected chi connectivity index (χ3v) is 4.10. The molecule has 31 heavy (non-hydrogen) atoms. The van der Waals surface area contributed by atoms with Crippen LogP contribution in [0.25, 0.3) is 0 Å². The molecular weight excluding hydrogens is 436 g/mol. The van der Waals surface area contributed by atoms with Crippen LogP contribution < -0.4 is 10.5 Å². The smallest absolute Gasteiger partial charge is 0.475 e. The lowest BCUT2D eigenvalue weighted by molar-refractivity contribution is -0.192. The van der Waals surface area contributed by atoms with Gasteiger partial charge in [0.1, 0.15) is 11.8 Å². The van der Waals surface area contributed by atoms with E-state index in [1.54, 1.807) is 4.90 Å². The fourth-order valence-electron chi connectivity index (χ4n) is 2.65. The molecule has 7 nitrogen and oxygen atoms in total. The van der Waals surface area contributed by atoms with E-state index in [9.17, 15) is 31.1 Å². The molecule has 1 saturated heterocycles. The average Bonchev–Trinajstić information content (AvgIpc) is 2.66. The number of alkyl halides is 6. The molecule has 176 valence electrons. The largest absolute Gasteiger partial charge is 0.490 e. The zero-order valence-corrected chi connectivity index (χ0v) is 16.8. The zero-order valence-electron chi connectivity index (χ0n) is 16.8. The molecule has 2 rings (SSSR count). The molecule has 1 atom stereocenters. The number of halogens is 6. The third kappa shape index (κ3) is 8.59. The van der Waals surface area contributed by atoms with Crippen LogP contribution in [0.5, 0.6) is 5.88 Å².